The van der Waals surface area contributed by atoms with Crippen LogP contribution < -0.4 is 14.8 Å². The number of benzene rings is 2. The summed E-state index contributed by atoms with van der Waals surface area (Å²) in [6, 6.07) is 9.51. The van der Waals surface area contributed by atoms with E-state index < -0.39 is 9.84 Å². The maximum absolute atomic E-state index is 12.5. The molecule has 1 heterocycles. The van der Waals surface area contributed by atoms with Gasteiger partial charge in [0.25, 0.3) is 5.91 Å². The Hall–Kier alpha value is -2.80. The zero-order valence-electron chi connectivity index (χ0n) is 13.6. The number of carbonyl (C=O) groups excluding carboxylic acids is 1. The van der Waals surface area contributed by atoms with E-state index in [1.165, 1.54) is 18.2 Å². The molecule has 1 N–H and O–H groups in total. The molecule has 7 heteroatoms. The van der Waals surface area contributed by atoms with Gasteiger partial charge in [-0.1, -0.05) is 12.1 Å². The van der Waals surface area contributed by atoms with E-state index in [1.807, 2.05) is 0 Å². The lowest BCUT2D eigenvalue weighted by molar-refractivity contribution is 0.102. The number of nitrogens with one attached hydrogen (secondary N) is 1. The van der Waals surface area contributed by atoms with Crippen LogP contribution in [0.5, 0.6) is 11.5 Å². The number of anilines is 1. The van der Waals surface area contributed by atoms with Crippen LogP contribution in [0, 0.1) is 6.92 Å². The van der Waals surface area contributed by atoms with E-state index in [0.717, 1.165) is 5.56 Å². The molecule has 6 nitrogen and oxygen atoms in total. The van der Waals surface area contributed by atoms with Crippen LogP contribution in [0.25, 0.3) is 0 Å². The summed E-state index contributed by atoms with van der Waals surface area (Å²) in [7, 11) is -3.46. The Bertz CT molecular complexity index is 950. The second-order valence-corrected chi connectivity index (χ2v) is 7.60. The van der Waals surface area contributed by atoms with Crippen molar-refractivity contribution >= 4 is 21.4 Å². The Balaban J connectivity index is 1.87. The molecule has 0 atom stereocenters. The summed E-state index contributed by atoms with van der Waals surface area (Å²) >= 11 is 0. The lowest BCUT2D eigenvalue weighted by atomic mass is 10.1. The first-order chi connectivity index (χ1) is 11.9. The van der Waals surface area contributed by atoms with Gasteiger partial charge in [-0.3, -0.25) is 4.79 Å². The highest BCUT2D eigenvalue weighted by atomic mass is 32.2. The van der Waals surface area contributed by atoms with Crippen molar-refractivity contribution in [3.63, 3.8) is 0 Å². The third-order valence-electron chi connectivity index (χ3n) is 3.79. The summed E-state index contributed by atoms with van der Waals surface area (Å²) in [5.74, 6) is 0.572. The monoisotopic (exact) mass is 359 g/mol. The molecular formula is C18H17NO5S. The van der Waals surface area contributed by atoms with Crippen molar-refractivity contribution < 1.29 is 22.7 Å². The summed E-state index contributed by atoms with van der Waals surface area (Å²) in [5, 5.41) is 2.75. The lowest BCUT2D eigenvalue weighted by Crippen LogP contribution is -2.14. The van der Waals surface area contributed by atoms with Crippen molar-refractivity contribution in [1.82, 2.24) is 0 Å². The number of hydrogen-bond acceptors (Lipinski definition) is 5. The fourth-order valence-corrected chi connectivity index (χ4v) is 3.49. The molecule has 130 valence electrons. The SMILES string of the molecule is C=CCS(=O)(=O)c1ccc(C)c(NC(=O)c2ccc3c(c2)OCO3)c1. The van der Waals surface area contributed by atoms with Crippen molar-refractivity contribution in [1.29, 1.82) is 0 Å². The highest BCUT2D eigenvalue weighted by Crippen LogP contribution is 2.32. The molecule has 0 saturated heterocycles. The molecule has 0 aromatic heterocycles. The first-order valence-electron chi connectivity index (χ1n) is 7.56. The Kier molecular flexibility index (Phi) is 4.50. The summed E-state index contributed by atoms with van der Waals surface area (Å²) < 4.78 is 34.8. The molecule has 0 radical (unpaired) electrons. The number of hydrogen-bond donors (Lipinski definition) is 1. The summed E-state index contributed by atoms with van der Waals surface area (Å²) in [4.78, 5) is 12.6. The maximum Gasteiger partial charge on any atom is 0.255 e. The van der Waals surface area contributed by atoms with Crippen molar-refractivity contribution in [2.24, 2.45) is 0 Å². The molecule has 0 unspecified atom stereocenters. The van der Waals surface area contributed by atoms with Gasteiger partial charge in [0.2, 0.25) is 6.79 Å². The number of carbonyl (C=O) groups is 1. The standard InChI is InChI=1S/C18H17NO5S/c1-3-8-25(21,22)14-6-4-12(2)15(10-14)19-18(20)13-5-7-16-17(9-13)24-11-23-16/h3-7,9-10H,1,8,11H2,2H3,(H,19,20). The Morgan fingerprint density at radius 1 is 1.20 bits per heavy atom. The Morgan fingerprint density at radius 3 is 2.72 bits per heavy atom. The largest absolute Gasteiger partial charge is 0.454 e. The summed E-state index contributed by atoms with van der Waals surface area (Å²) in [6.07, 6.45) is 1.33. The molecule has 1 aliphatic rings. The molecule has 1 aliphatic heterocycles. The predicted molar refractivity (Wildman–Crippen MR) is 93.9 cm³/mol. The third-order valence-corrected chi connectivity index (χ3v) is 5.44. The van der Waals surface area contributed by atoms with E-state index in [9.17, 15) is 13.2 Å². The van der Waals surface area contributed by atoms with E-state index >= 15 is 0 Å². The van der Waals surface area contributed by atoms with Crippen LogP contribution in [0.2, 0.25) is 0 Å². The zero-order chi connectivity index (χ0) is 18.0. The number of amides is 1. The van der Waals surface area contributed by atoms with Crippen LogP contribution in [-0.4, -0.2) is 26.9 Å². The Labute approximate surface area is 146 Å². The summed E-state index contributed by atoms with van der Waals surface area (Å²) in [5.41, 5.74) is 1.59. The van der Waals surface area contributed by atoms with Crippen LogP contribution >= 0.6 is 0 Å². The lowest BCUT2D eigenvalue weighted by Gasteiger charge is -2.11. The number of sulfone groups is 1. The minimum atomic E-state index is -3.46. The van der Waals surface area contributed by atoms with Gasteiger partial charge in [-0.25, -0.2) is 8.42 Å². The average Bonchev–Trinajstić information content (AvgIpc) is 3.04. The van der Waals surface area contributed by atoms with E-state index in [0.29, 0.717) is 22.7 Å². The van der Waals surface area contributed by atoms with Crippen molar-refractivity contribution in [2.75, 3.05) is 17.9 Å². The van der Waals surface area contributed by atoms with Crippen LogP contribution in [0.15, 0.2) is 53.9 Å². The second kappa shape index (κ2) is 6.60. The molecule has 0 saturated carbocycles. The van der Waals surface area contributed by atoms with Crippen molar-refractivity contribution in [2.45, 2.75) is 11.8 Å². The normalized spacial score (nSPS) is 12.7. The molecule has 0 aliphatic carbocycles. The quantitative estimate of drug-likeness (QED) is 0.830. The van der Waals surface area contributed by atoms with Gasteiger partial charge in [0, 0.05) is 11.3 Å². The number of ether oxygens (including phenoxy) is 2. The third kappa shape index (κ3) is 3.51. The molecule has 2 aromatic rings. The molecule has 0 bridgehead atoms. The van der Waals surface area contributed by atoms with Crippen molar-refractivity contribution in [3.8, 4) is 11.5 Å². The molecule has 2 aromatic carbocycles. The van der Waals surface area contributed by atoms with E-state index in [2.05, 4.69) is 11.9 Å². The maximum atomic E-state index is 12.5. The zero-order valence-corrected chi connectivity index (χ0v) is 14.4. The highest BCUT2D eigenvalue weighted by molar-refractivity contribution is 7.91. The second-order valence-electron chi connectivity index (χ2n) is 5.57. The smallest absolute Gasteiger partial charge is 0.255 e. The van der Waals surface area contributed by atoms with Gasteiger partial charge in [0.15, 0.2) is 21.3 Å². The van der Waals surface area contributed by atoms with Crippen LogP contribution in [0.3, 0.4) is 0 Å². The van der Waals surface area contributed by atoms with Gasteiger partial charge in [0.1, 0.15) is 0 Å². The molecule has 1 amide bonds. The van der Waals surface area contributed by atoms with Gasteiger partial charge in [-0.2, -0.15) is 0 Å². The summed E-state index contributed by atoms with van der Waals surface area (Å²) in [6.45, 7) is 5.38. The first-order valence-corrected chi connectivity index (χ1v) is 9.21. The minimum absolute atomic E-state index is 0.128. The molecule has 0 fully saturated rings. The van der Waals surface area contributed by atoms with Gasteiger partial charge >= 0.3 is 0 Å². The number of fused-ring (bicyclic) bond motifs is 1. The number of aryl methyl sites for hydroxylation is 1. The average molecular weight is 359 g/mol. The predicted octanol–water partition coefficient (Wildman–Crippen LogP) is 2.94. The van der Waals surface area contributed by atoms with Crippen LogP contribution in [-0.2, 0) is 9.84 Å². The van der Waals surface area contributed by atoms with Gasteiger partial charge in [0.05, 0.1) is 10.6 Å². The van der Waals surface area contributed by atoms with Crippen LogP contribution in [0.4, 0.5) is 5.69 Å². The number of rotatable bonds is 5. The van der Waals surface area contributed by atoms with E-state index in [1.54, 1.807) is 31.2 Å². The van der Waals surface area contributed by atoms with Crippen LogP contribution in [0.1, 0.15) is 15.9 Å². The van der Waals surface area contributed by atoms with E-state index in [-0.39, 0.29) is 23.3 Å². The van der Waals surface area contributed by atoms with Gasteiger partial charge in [-0.05, 0) is 42.8 Å². The van der Waals surface area contributed by atoms with E-state index in [4.69, 9.17) is 9.47 Å². The minimum Gasteiger partial charge on any atom is -0.454 e. The van der Waals surface area contributed by atoms with Gasteiger partial charge < -0.3 is 14.8 Å². The molecule has 25 heavy (non-hydrogen) atoms. The van der Waals surface area contributed by atoms with Crippen molar-refractivity contribution in [3.05, 3.63) is 60.2 Å². The fourth-order valence-electron chi connectivity index (χ4n) is 2.41. The fraction of sp³-hybridized carbons (Fsp3) is 0.167. The first kappa shape index (κ1) is 17.0. The molecule has 3 rings (SSSR count). The topological polar surface area (TPSA) is 81.7 Å². The molecular weight excluding hydrogens is 342 g/mol. The highest BCUT2D eigenvalue weighted by Gasteiger charge is 2.18. The van der Waals surface area contributed by atoms with Gasteiger partial charge in [-0.15, -0.1) is 6.58 Å². The molecule has 0 spiro atoms. The Morgan fingerprint density at radius 2 is 1.96 bits per heavy atom.